The van der Waals surface area contributed by atoms with Gasteiger partial charge in [0.2, 0.25) is 11.8 Å². The van der Waals surface area contributed by atoms with Crippen LogP contribution in [0.1, 0.15) is 75.3 Å². The highest BCUT2D eigenvalue weighted by atomic mass is 16.5. The van der Waals surface area contributed by atoms with Gasteiger partial charge in [-0.1, -0.05) is 123 Å². The first-order valence-electron chi connectivity index (χ1n) is 24.6. The summed E-state index contributed by atoms with van der Waals surface area (Å²) in [6, 6.07) is 49.5. The minimum absolute atomic E-state index is 0.0509. The Labute approximate surface area is 410 Å². The second-order valence-electron chi connectivity index (χ2n) is 18.9. The number of esters is 1. The molecule has 0 aromatic heterocycles. The van der Waals surface area contributed by atoms with Crippen LogP contribution < -0.4 is 30.7 Å². The number of nitrogens with zero attached hydrogens (tertiary/aromatic N) is 4. The van der Waals surface area contributed by atoms with Crippen molar-refractivity contribution in [2.24, 2.45) is 11.8 Å². The number of carbonyl (C=O) groups is 3. The van der Waals surface area contributed by atoms with Gasteiger partial charge < -0.3 is 35.4 Å². The maximum absolute atomic E-state index is 13.7. The first-order chi connectivity index (χ1) is 33.4. The maximum Gasteiger partial charge on any atom is 0.325 e. The Morgan fingerprint density at radius 1 is 0.507 bits per heavy atom. The van der Waals surface area contributed by atoms with Crippen molar-refractivity contribution in [3.05, 3.63) is 157 Å². The number of ether oxygens (including phenoxy) is 1. The number of nitrogens with one attached hydrogen (secondary N) is 1. The summed E-state index contributed by atoms with van der Waals surface area (Å²) in [5.74, 6) is 0.221. The molecule has 3 N–H and O–H groups in total. The molecule has 0 radical (unpaired) electrons. The Morgan fingerprint density at radius 2 is 0.899 bits per heavy atom. The number of rotatable bonds is 15. The lowest BCUT2D eigenvalue weighted by Gasteiger charge is -2.30. The fraction of sp³-hybridized carbons (Fsp3) is 0.339. The Morgan fingerprint density at radius 3 is 1.29 bits per heavy atom. The molecule has 10 nitrogen and oxygen atoms in total. The van der Waals surface area contributed by atoms with Crippen molar-refractivity contribution in [1.29, 1.82) is 0 Å². The second-order valence-corrected chi connectivity index (χ2v) is 18.9. The highest BCUT2D eigenvalue weighted by molar-refractivity contribution is 5.96. The van der Waals surface area contributed by atoms with E-state index in [4.69, 9.17) is 10.5 Å². The molecule has 8 rings (SSSR count). The predicted octanol–water partition coefficient (Wildman–Crippen LogP) is 12.2. The quantitative estimate of drug-likeness (QED) is 0.0774. The SMILES string of the molecule is CN(C)c1ccc(-c2ccc(CN(C(=O)C3CCCCC3)c3cccc(N)c3)cc2)cc1.COC(=O)CNc1cccc(N(Cc2ccc(-c3ccc(N(C)C)cc3)cc2)C(=O)C2CCCCC2)c1. The van der Waals surface area contributed by atoms with E-state index in [0.29, 0.717) is 18.8 Å². The summed E-state index contributed by atoms with van der Waals surface area (Å²) in [5, 5.41) is 3.09. The maximum atomic E-state index is 13.7. The Kier molecular flexibility index (Phi) is 17.5. The van der Waals surface area contributed by atoms with Gasteiger partial charge in [0.1, 0.15) is 6.54 Å². The van der Waals surface area contributed by atoms with Crippen molar-refractivity contribution in [2.75, 3.05) is 72.5 Å². The molecule has 0 saturated heterocycles. The fourth-order valence-corrected chi connectivity index (χ4v) is 9.33. The van der Waals surface area contributed by atoms with Crippen LogP contribution in [0.4, 0.5) is 34.1 Å². The third-order valence-corrected chi connectivity index (χ3v) is 13.5. The molecule has 0 aliphatic heterocycles. The summed E-state index contributed by atoms with van der Waals surface area (Å²) in [5.41, 5.74) is 18.4. The summed E-state index contributed by atoms with van der Waals surface area (Å²) < 4.78 is 4.74. The number of hydrogen-bond donors (Lipinski definition) is 2. The van der Waals surface area contributed by atoms with Crippen LogP contribution in [0, 0.1) is 11.8 Å². The molecular formula is C59H70N6O4. The minimum Gasteiger partial charge on any atom is -0.468 e. The van der Waals surface area contributed by atoms with Crippen LogP contribution >= 0.6 is 0 Å². The first kappa shape index (κ1) is 49.8. The van der Waals surface area contributed by atoms with E-state index >= 15 is 0 Å². The first-order valence-corrected chi connectivity index (χ1v) is 24.6. The van der Waals surface area contributed by atoms with Gasteiger partial charge in [-0.3, -0.25) is 14.4 Å². The number of carbonyl (C=O) groups excluding carboxylic acids is 3. The van der Waals surface area contributed by atoms with E-state index in [9.17, 15) is 14.4 Å². The minimum atomic E-state index is -0.336. The standard InChI is InChI=1S/C31H37N3O3.C28H33N3O/c1-33(2)28-18-16-25(17-19-28)24-14-12-23(13-15-24)22-34(31(36)26-8-5-4-6-9-26)29-11-7-10-27(20-29)32-21-30(35)37-3;1-30(2)26-17-15-23(16-18-26)22-13-11-21(12-14-22)20-31(27-10-6-9-25(29)19-27)28(32)24-7-4-3-5-8-24/h7,10-20,26,32H,4-6,8-9,21-22H2,1-3H3;6,9-19,24H,3-5,7-8,20,29H2,1-2H3. The zero-order valence-corrected chi connectivity index (χ0v) is 41.2. The zero-order valence-electron chi connectivity index (χ0n) is 41.2. The average molecular weight is 927 g/mol. The number of methoxy groups -OCH3 is 1. The van der Waals surface area contributed by atoms with Crippen molar-refractivity contribution >= 4 is 51.9 Å². The molecule has 0 atom stereocenters. The van der Waals surface area contributed by atoms with Crippen molar-refractivity contribution in [3.63, 3.8) is 0 Å². The van der Waals surface area contributed by atoms with E-state index in [-0.39, 0.29) is 36.2 Å². The fourth-order valence-electron chi connectivity index (χ4n) is 9.33. The lowest BCUT2D eigenvalue weighted by Crippen LogP contribution is -2.36. The molecule has 2 aliphatic rings. The topological polar surface area (TPSA) is 111 Å². The molecule has 6 aromatic rings. The van der Waals surface area contributed by atoms with Crippen LogP contribution in [0.3, 0.4) is 0 Å². The number of nitrogens with two attached hydrogens (primary N) is 1. The number of amides is 2. The molecule has 2 fully saturated rings. The molecule has 2 aliphatic carbocycles. The molecule has 0 spiro atoms. The highest BCUT2D eigenvalue weighted by Crippen LogP contribution is 2.33. The van der Waals surface area contributed by atoms with E-state index in [0.717, 1.165) is 90.7 Å². The predicted molar refractivity (Wildman–Crippen MR) is 286 cm³/mol. The van der Waals surface area contributed by atoms with Gasteiger partial charge in [-0.15, -0.1) is 0 Å². The molecule has 360 valence electrons. The summed E-state index contributed by atoms with van der Waals surface area (Å²) >= 11 is 0. The highest BCUT2D eigenvalue weighted by Gasteiger charge is 2.29. The lowest BCUT2D eigenvalue weighted by atomic mass is 9.88. The van der Waals surface area contributed by atoms with Gasteiger partial charge in [-0.25, -0.2) is 0 Å². The molecule has 2 amide bonds. The molecule has 0 bridgehead atoms. The van der Waals surface area contributed by atoms with Gasteiger partial charge in [0.25, 0.3) is 0 Å². The smallest absolute Gasteiger partial charge is 0.325 e. The monoisotopic (exact) mass is 927 g/mol. The molecular weight excluding hydrogens is 857 g/mol. The van der Waals surface area contributed by atoms with Crippen molar-refractivity contribution in [1.82, 2.24) is 0 Å². The van der Waals surface area contributed by atoms with Gasteiger partial charge in [0, 0.05) is 74.2 Å². The Hall–Kier alpha value is -7.07. The van der Waals surface area contributed by atoms with Gasteiger partial charge in [0.15, 0.2) is 0 Å². The van der Waals surface area contributed by atoms with Crippen LogP contribution in [-0.2, 0) is 32.2 Å². The normalized spacial score (nSPS) is 13.9. The van der Waals surface area contributed by atoms with E-state index in [1.807, 2.05) is 86.5 Å². The van der Waals surface area contributed by atoms with Gasteiger partial charge >= 0.3 is 5.97 Å². The molecule has 0 unspecified atom stereocenters. The summed E-state index contributed by atoms with van der Waals surface area (Å²) in [6.07, 6.45) is 10.8. The third kappa shape index (κ3) is 13.8. The van der Waals surface area contributed by atoms with Gasteiger partial charge in [-0.2, -0.15) is 0 Å². The third-order valence-electron chi connectivity index (χ3n) is 13.5. The van der Waals surface area contributed by atoms with Crippen LogP contribution in [-0.4, -0.2) is 59.6 Å². The van der Waals surface area contributed by atoms with Crippen LogP contribution in [0.5, 0.6) is 0 Å². The van der Waals surface area contributed by atoms with Crippen molar-refractivity contribution < 1.29 is 19.1 Å². The average Bonchev–Trinajstić information content (AvgIpc) is 3.39. The number of anilines is 6. The van der Waals surface area contributed by atoms with Gasteiger partial charge in [0.05, 0.1) is 20.2 Å². The largest absolute Gasteiger partial charge is 0.468 e. The van der Waals surface area contributed by atoms with Crippen LogP contribution in [0.2, 0.25) is 0 Å². The van der Waals surface area contributed by atoms with E-state index in [1.54, 1.807) is 0 Å². The molecule has 2 saturated carbocycles. The Bertz CT molecular complexity index is 2580. The molecule has 0 heterocycles. The van der Waals surface area contributed by atoms with Crippen molar-refractivity contribution in [3.8, 4) is 22.3 Å². The number of hydrogen-bond acceptors (Lipinski definition) is 8. The lowest BCUT2D eigenvalue weighted by molar-refractivity contribution is -0.138. The van der Waals surface area contributed by atoms with Crippen molar-refractivity contribution in [2.45, 2.75) is 77.3 Å². The number of benzene rings is 6. The van der Waals surface area contributed by atoms with Crippen LogP contribution in [0.15, 0.2) is 146 Å². The van der Waals surface area contributed by atoms with Crippen LogP contribution in [0.25, 0.3) is 22.3 Å². The number of nitrogen functional groups attached to an aromatic ring is 1. The van der Waals surface area contributed by atoms with E-state index in [1.165, 1.54) is 42.5 Å². The zero-order chi connectivity index (χ0) is 48.7. The second kappa shape index (κ2) is 24.3. The summed E-state index contributed by atoms with van der Waals surface area (Å²) in [6.45, 7) is 1.13. The van der Waals surface area contributed by atoms with Gasteiger partial charge in [-0.05, 0) is 120 Å². The molecule has 69 heavy (non-hydrogen) atoms. The summed E-state index contributed by atoms with van der Waals surface area (Å²) in [4.78, 5) is 46.8. The molecule has 10 heteroatoms. The Balaban J connectivity index is 0.000000206. The van der Waals surface area contributed by atoms with E-state index < -0.39 is 0 Å². The summed E-state index contributed by atoms with van der Waals surface area (Å²) in [7, 11) is 9.54. The molecule has 6 aromatic carbocycles. The van der Waals surface area contributed by atoms with E-state index in [2.05, 4.69) is 112 Å².